The number of H-pyrrole nitrogens is 1. The van der Waals surface area contributed by atoms with Crippen molar-refractivity contribution in [3.63, 3.8) is 0 Å². The molecule has 1 aliphatic rings. The number of carbonyl (C=O) groups is 9. The topological polar surface area (TPSA) is 422 Å². The molecule has 1 saturated heterocycles. The first kappa shape index (κ1) is 58.7. The average molecular weight is 1030 g/mol. The Kier molecular flexibility index (Phi) is 24.0. The molecule has 2 heterocycles. The number of amides is 7. The first-order chi connectivity index (χ1) is 35.3. The lowest BCUT2D eigenvalue weighted by Crippen LogP contribution is -2.59. The molecule has 0 bridgehead atoms. The molecule has 1 fully saturated rings. The number of nitrogens with zero attached hydrogens (tertiary/aromatic N) is 2. The van der Waals surface area contributed by atoms with Gasteiger partial charge in [-0.1, -0.05) is 48.5 Å². The number of para-hydroxylation sites is 1. The number of rotatable bonds is 18. The lowest BCUT2D eigenvalue weighted by molar-refractivity contribution is -0.136. The molecule has 19 N–H and O–H groups in total. The maximum Gasteiger partial charge on any atom is 0.243 e. The number of benzene rings is 2. The highest BCUT2D eigenvalue weighted by atomic mass is 16.2. The van der Waals surface area contributed by atoms with Gasteiger partial charge in [-0.2, -0.15) is 0 Å². The standard InChI is InChI=1S/C50H73N15O9/c1-29(66)61-37(17-10-22-59-50(55)56)46(72)65-40-27-43(69)57-20-8-7-16-36(44(52)70)62-45(71)32(24-33-28-60-35-15-6-5-14-34(33)35)26-41(67)31(13-9-21-58-49(53)54)25-42(68)39(23-30-11-3-2-4-12-30)64-47(73)38(18-19-51)63-48(40)74/h2-6,11-12,14-15,28,31-32,36-40,60H,7-10,13,16-27,51H2,1H3,(H2,52,70)(H,57,69)(H,61,66)(H,62,71)(H,63,74)(H,64,73)(H,65,72)(H4,53,54,58)(H4,55,56,59)/t31-,32-,36+,37+,38+,39-,40+/m1/s1. The summed E-state index contributed by atoms with van der Waals surface area (Å²) in [4.78, 5) is 136. The Bertz CT molecular complexity index is 2470. The third kappa shape index (κ3) is 20.0. The van der Waals surface area contributed by atoms with Gasteiger partial charge >= 0.3 is 0 Å². The van der Waals surface area contributed by atoms with Crippen molar-refractivity contribution in [2.75, 3.05) is 26.2 Å². The van der Waals surface area contributed by atoms with E-state index in [9.17, 15) is 43.2 Å². The van der Waals surface area contributed by atoms with Crippen LogP contribution < -0.4 is 66.3 Å². The van der Waals surface area contributed by atoms with Crippen molar-refractivity contribution < 1.29 is 43.2 Å². The predicted octanol–water partition coefficient (Wildman–Crippen LogP) is -1.82. The zero-order valence-corrected chi connectivity index (χ0v) is 41.9. The molecular weight excluding hydrogens is 955 g/mol. The second kappa shape index (κ2) is 30.2. The van der Waals surface area contributed by atoms with Crippen molar-refractivity contribution in [2.24, 2.45) is 56.2 Å². The minimum atomic E-state index is -1.61. The van der Waals surface area contributed by atoms with E-state index in [2.05, 4.69) is 46.9 Å². The van der Waals surface area contributed by atoms with Crippen LogP contribution >= 0.6 is 0 Å². The maximum atomic E-state index is 14.7. The second-order valence-electron chi connectivity index (χ2n) is 18.4. The number of aliphatic imine (C=N–C) groups is 2. The predicted molar refractivity (Wildman–Crippen MR) is 278 cm³/mol. The number of aromatic nitrogens is 1. The minimum Gasteiger partial charge on any atom is -0.370 e. The SMILES string of the molecule is CC(=O)N[C@@H](CCCN=C(N)N)C(=O)N[C@H]1CC(=O)NCCCC[C@@H](C(N)=O)NC(=O)[C@H](Cc2c[nH]c3ccccc23)CC(=O)[C@H](CCCN=C(N)N)CC(=O)[C@@H](Cc2ccccc2)NC(=O)[C@H](CCN)NC1=O. The number of Topliss-reactive ketones (excluding diaryl/α,β-unsaturated/α-hetero) is 2. The molecule has 1 aliphatic heterocycles. The normalized spacial score (nSPS) is 21.4. The Balaban J connectivity index is 1.75. The highest BCUT2D eigenvalue weighted by Crippen LogP contribution is 2.26. The molecule has 0 radical (unpaired) electrons. The molecule has 1 aromatic heterocycles. The fraction of sp³-hybridized carbons (Fsp3) is 0.500. The lowest BCUT2D eigenvalue weighted by Gasteiger charge is -2.27. The van der Waals surface area contributed by atoms with Gasteiger partial charge in [-0.05, 0) is 87.9 Å². The molecule has 24 heteroatoms. The van der Waals surface area contributed by atoms with Crippen molar-refractivity contribution in [1.82, 2.24) is 36.9 Å². The zero-order chi connectivity index (χ0) is 54.2. The molecule has 74 heavy (non-hydrogen) atoms. The van der Waals surface area contributed by atoms with Crippen molar-refractivity contribution in [3.05, 3.63) is 71.9 Å². The number of primary amides is 1. The third-order valence-electron chi connectivity index (χ3n) is 12.5. The Labute approximate surface area is 429 Å². The van der Waals surface area contributed by atoms with E-state index in [1.165, 1.54) is 6.92 Å². The summed E-state index contributed by atoms with van der Waals surface area (Å²) in [6.45, 7) is 1.36. The van der Waals surface area contributed by atoms with E-state index in [1.54, 1.807) is 36.5 Å². The maximum absolute atomic E-state index is 14.7. The summed E-state index contributed by atoms with van der Waals surface area (Å²) < 4.78 is 0. The van der Waals surface area contributed by atoms with Crippen molar-refractivity contribution in [1.29, 1.82) is 0 Å². The summed E-state index contributed by atoms with van der Waals surface area (Å²) >= 11 is 0. The summed E-state index contributed by atoms with van der Waals surface area (Å²) in [5.74, 6) is -8.65. The lowest BCUT2D eigenvalue weighted by atomic mass is 9.83. The highest BCUT2D eigenvalue weighted by Gasteiger charge is 2.35. The molecule has 0 spiro atoms. The van der Waals surface area contributed by atoms with Gasteiger partial charge in [0.15, 0.2) is 17.7 Å². The van der Waals surface area contributed by atoms with Crippen LogP contribution in [0.25, 0.3) is 10.9 Å². The van der Waals surface area contributed by atoms with Crippen LogP contribution in [0.2, 0.25) is 0 Å². The van der Waals surface area contributed by atoms with Gasteiger partial charge in [-0.25, -0.2) is 0 Å². The molecule has 2 aromatic carbocycles. The van der Waals surface area contributed by atoms with E-state index in [0.29, 0.717) is 5.56 Å². The first-order valence-electron chi connectivity index (χ1n) is 24.8. The van der Waals surface area contributed by atoms with Crippen LogP contribution in [0.3, 0.4) is 0 Å². The fourth-order valence-corrected chi connectivity index (χ4v) is 8.65. The molecule has 24 nitrogen and oxygen atoms in total. The molecule has 7 atom stereocenters. The van der Waals surface area contributed by atoms with Gasteiger partial charge in [0.2, 0.25) is 41.4 Å². The molecule has 0 aliphatic carbocycles. The summed E-state index contributed by atoms with van der Waals surface area (Å²) in [6, 6.07) is 9.59. The van der Waals surface area contributed by atoms with E-state index < -0.39 is 101 Å². The number of nitrogens with two attached hydrogens (primary N) is 6. The number of nitrogens with one attached hydrogen (secondary N) is 7. The van der Waals surface area contributed by atoms with Gasteiger partial charge in [0.25, 0.3) is 0 Å². The number of hydrogen-bond donors (Lipinski definition) is 13. The number of aromatic amines is 1. The van der Waals surface area contributed by atoms with Crippen LogP contribution in [0.1, 0.15) is 88.7 Å². The molecular formula is C50H73N15O9. The van der Waals surface area contributed by atoms with E-state index in [4.69, 9.17) is 34.4 Å². The van der Waals surface area contributed by atoms with Crippen LogP contribution in [0.4, 0.5) is 0 Å². The van der Waals surface area contributed by atoms with Crippen LogP contribution in [0.15, 0.2) is 70.8 Å². The van der Waals surface area contributed by atoms with Crippen LogP contribution in [-0.4, -0.2) is 126 Å². The van der Waals surface area contributed by atoms with Crippen molar-refractivity contribution in [2.45, 2.75) is 121 Å². The first-order valence-corrected chi connectivity index (χ1v) is 24.8. The van der Waals surface area contributed by atoms with Crippen LogP contribution in [0.5, 0.6) is 0 Å². The Hall–Kier alpha value is -7.89. The van der Waals surface area contributed by atoms with E-state index in [1.807, 2.05) is 24.3 Å². The highest BCUT2D eigenvalue weighted by molar-refractivity contribution is 5.99. The summed E-state index contributed by atoms with van der Waals surface area (Å²) in [5, 5.41) is 16.7. The zero-order valence-electron chi connectivity index (χ0n) is 41.9. The number of fused-ring (bicyclic) bond motifs is 1. The smallest absolute Gasteiger partial charge is 0.243 e. The van der Waals surface area contributed by atoms with Gasteiger partial charge in [-0.3, -0.25) is 53.1 Å². The van der Waals surface area contributed by atoms with Gasteiger partial charge in [0.1, 0.15) is 30.0 Å². The van der Waals surface area contributed by atoms with Crippen molar-refractivity contribution in [3.8, 4) is 0 Å². The number of ketones is 2. The average Bonchev–Trinajstić information content (AvgIpc) is 3.76. The molecule has 4 rings (SSSR count). The third-order valence-corrected chi connectivity index (χ3v) is 12.5. The summed E-state index contributed by atoms with van der Waals surface area (Å²) in [6.07, 6.45) is 1.58. The van der Waals surface area contributed by atoms with Crippen molar-refractivity contribution >= 4 is 75.7 Å². The molecule has 7 amide bonds. The molecule has 402 valence electrons. The number of guanidine groups is 2. The van der Waals surface area contributed by atoms with Crippen LogP contribution in [0, 0.1) is 11.8 Å². The monoisotopic (exact) mass is 1030 g/mol. The number of carbonyl (C=O) groups excluding carboxylic acids is 9. The quantitative estimate of drug-likeness (QED) is 0.0379. The van der Waals surface area contributed by atoms with E-state index >= 15 is 0 Å². The van der Waals surface area contributed by atoms with Crippen LogP contribution in [-0.2, 0) is 56.0 Å². The Morgan fingerprint density at radius 1 is 0.716 bits per heavy atom. The fourth-order valence-electron chi connectivity index (χ4n) is 8.65. The van der Waals surface area contributed by atoms with Gasteiger partial charge in [0, 0.05) is 68.3 Å². The second-order valence-corrected chi connectivity index (χ2v) is 18.4. The van der Waals surface area contributed by atoms with E-state index in [0.717, 1.165) is 16.5 Å². The summed E-state index contributed by atoms with van der Waals surface area (Å²) in [5.41, 5.74) is 36.0. The molecule has 0 unspecified atom stereocenters. The Morgan fingerprint density at radius 2 is 1.38 bits per heavy atom. The molecule has 0 saturated carbocycles. The minimum absolute atomic E-state index is 0.0315. The van der Waals surface area contributed by atoms with Gasteiger partial charge in [0.05, 0.1) is 12.5 Å². The number of hydrogen-bond acceptors (Lipinski definition) is 12. The summed E-state index contributed by atoms with van der Waals surface area (Å²) in [7, 11) is 0. The Morgan fingerprint density at radius 3 is 2.05 bits per heavy atom. The van der Waals surface area contributed by atoms with Gasteiger partial charge in [-0.15, -0.1) is 0 Å². The largest absolute Gasteiger partial charge is 0.370 e. The van der Waals surface area contributed by atoms with Gasteiger partial charge < -0.3 is 71.3 Å². The van der Waals surface area contributed by atoms with E-state index in [-0.39, 0.29) is 115 Å². The molecule has 3 aromatic rings.